The Morgan fingerprint density at radius 3 is 3.07 bits per heavy atom. The van der Waals surface area contributed by atoms with E-state index >= 15 is 0 Å². The lowest BCUT2D eigenvalue weighted by atomic mass is 10.3. The maximum atomic E-state index is 5.61. The maximum absolute atomic E-state index is 5.61. The monoisotopic (exact) mass is 222 g/mol. The molecule has 1 aromatic heterocycles. The van der Waals surface area contributed by atoms with Crippen LogP contribution < -0.4 is 14.8 Å². The number of ether oxygens (including phenoxy) is 2. The van der Waals surface area contributed by atoms with Gasteiger partial charge in [0, 0.05) is 7.05 Å². The highest BCUT2D eigenvalue weighted by Gasteiger charge is 2.17. The summed E-state index contributed by atoms with van der Waals surface area (Å²) in [5, 5.41) is 3.93. The summed E-state index contributed by atoms with van der Waals surface area (Å²) in [7, 11) is 1.86. The fourth-order valence-electron chi connectivity index (χ4n) is 1.60. The number of thiazole rings is 1. The van der Waals surface area contributed by atoms with E-state index in [9.17, 15) is 0 Å². The molecule has 15 heavy (non-hydrogen) atoms. The maximum Gasteiger partial charge on any atom is 0.183 e. The van der Waals surface area contributed by atoms with Gasteiger partial charge in [0.1, 0.15) is 17.9 Å². The molecule has 0 radical (unpaired) electrons. The number of fused-ring (bicyclic) bond motifs is 3. The predicted octanol–water partition coefficient (Wildman–Crippen LogP) is 2.11. The quantitative estimate of drug-likeness (QED) is 0.802. The molecule has 0 atom stereocenters. The summed E-state index contributed by atoms with van der Waals surface area (Å²) in [4.78, 5) is 4.41. The van der Waals surface area contributed by atoms with Gasteiger partial charge in [0.15, 0.2) is 16.6 Å². The van der Waals surface area contributed by atoms with Crippen LogP contribution >= 0.6 is 11.3 Å². The van der Waals surface area contributed by atoms with Gasteiger partial charge in [0.2, 0.25) is 0 Å². The van der Waals surface area contributed by atoms with Gasteiger partial charge in [-0.15, -0.1) is 0 Å². The molecule has 0 aliphatic carbocycles. The average molecular weight is 222 g/mol. The van der Waals surface area contributed by atoms with Crippen molar-refractivity contribution in [2.75, 3.05) is 25.6 Å². The van der Waals surface area contributed by atoms with Gasteiger partial charge < -0.3 is 14.8 Å². The second-order valence-corrected chi connectivity index (χ2v) is 4.21. The molecule has 0 fully saturated rings. The number of nitrogens with one attached hydrogen (secondary N) is 1. The number of anilines is 1. The highest BCUT2D eigenvalue weighted by atomic mass is 32.1. The highest BCUT2D eigenvalue weighted by molar-refractivity contribution is 7.22. The van der Waals surface area contributed by atoms with Crippen LogP contribution in [0.5, 0.6) is 11.5 Å². The van der Waals surface area contributed by atoms with Crippen LogP contribution in [0, 0.1) is 0 Å². The van der Waals surface area contributed by atoms with E-state index in [0.29, 0.717) is 13.2 Å². The molecule has 78 valence electrons. The number of rotatable bonds is 1. The minimum absolute atomic E-state index is 0.610. The first-order valence-corrected chi connectivity index (χ1v) is 5.57. The van der Waals surface area contributed by atoms with Gasteiger partial charge in [-0.2, -0.15) is 0 Å². The van der Waals surface area contributed by atoms with E-state index in [2.05, 4.69) is 10.3 Å². The van der Waals surface area contributed by atoms with E-state index in [1.807, 2.05) is 19.2 Å². The molecule has 2 aromatic rings. The molecular formula is C10H10N2O2S. The number of hydrogen-bond donors (Lipinski definition) is 1. The molecule has 1 N–H and O–H groups in total. The van der Waals surface area contributed by atoms with Gasteiger partial charge in [-0.05, 0) is 12.1 Å². The molecular weight excluding hydrogens is 212 g/mol. The Balaban J connectivity index is 2.25. The molecule has 5 heteroatoms. The lowest BCUT2D eigenvalue weighted by Gasteiger charge is -2.18. The van der Waals surface area contributed by atoms with Crippen LogP contribution in [0.25, 0.3) is 10.2 Å². The van der Waals surface area contributed by atoms with Crippen molar-refractivity contribution in [1.29, 1.82) is 0 Å². The van der Waals surface area contributed by atoms with Crippen molar-refractivity contribution >= 4 is 26.7 Å². The Labute approximate surface area is 90.8 Å². The number of hydrogen-bond acceptors (Lipinski definition) is 5. The van der Waals surface area contributed by atoms with E-state index in [-0.39, 0.29) is 0 Å². The fourth-order valence-corrected chi connectivity index (χ4v) is 2.51. The van der Waals surface area contributed by atoms with Crippen molar-refractivity contribution in [3.05, 3.63) is 12.1 Å². The molecule has 0 saturated heterocycles. The molecule has 0 bridgehead atoms. The average Bonchev–Trinajstić information content (AvgIpc) is 2.72. The Morgan fingerprint density at radius 1 is 1.33 bits per heavy atom. The second-order valence-electron chi connectivity index (χ2n) is 3.21. The third-order valence-electron chi connectivity index (χ3n) is 2.28. The van der Waals surface area contributed by atoms with Gasteiger partial charge in [0.25, 0.3) is 0 Å². The van der Waals surface area contributed by atoms with E-state index in [1.165, 1.54) is 0 Å². The Morgan fingerprint density at radius 2 is 2.20 bits per heavy atom. The van der Waals surface area contributed by atoms with E-state index in [0.717, 1.165) is 26.8 Å². The zero-order valence-electron chi connectivity index (χ0n) is 8.24. The van der Waals surface area contributed by atoms with Crippen LogP contribution in [-0.2, 0) is 0 Å². The summed E-state index contributed by atoms with van der Waals surface area (Å²) < 4.78 is 12.2. The topological polar surface area (TPSA) is 43.4 Å². The SMILES string of the molecule is CNc1nc2ccc3c(c2s1)OCCO3. The van der Waals surface area contributed by atoms with Crippen LogP contribution in [0.15, 0.2) is 12.1 Å². The molecule has 2 heterocycles. The number of aromatic nitrogens is 1. The zero-order chi connectivity index (χ0) is 10.3. The first kappa shape index (κ1) is 8.79. The summed E-state index contributed by atoms with van der Waals surface area (Å²) in [5.74, 6) is 1.65. The molecule has 1 aliphatic rings. The largest absolute Gasteiger partial charge is 0.486 e. The summed E-state index contributed by atoms with van der Waals surface area (Å²) in [6.07, 6.45) is 0. The molecule has 0 unspecified atom stereocenters. The van der Waals surface area contributed by atoms with Gasteiger partial charge in [-0.1, -0.05) is 11.3 Å². The second kappa shape index (κ2) is 3.27. The van der Waals surface area contributed by atoms with Crippen molar-refractivity contribution in [2.45, 2.75) is 0 Å². The Kier molecular flexibility index (Phi) is 1.92. The third kappa shape index (κ3) is 1.31. The lowest BCUT2D eigenvalue weighted by molar-refractivity contribution is 0.174. The smallest absolute Gasteiger partial charge is 0.183 e. The van der Waals surface area contributed by atoms with Gasteiger partial charge in [0.05, 0.1) is 5.52 Å². The van der Waals surface area contributed by atoms with E-state index in [1.54, 1.807) is 11.3 Å². The van der Waals surface area contributed by atoms with Crippen LogP contribution in [0.2, 0.25) is 0 Å². The summed E-state index contributed by atoms with van der Waals surface area (Å²) in [6, 6.07) is 3.87. The zero-order valence-corrected chi connectivity index (χ0v) is 9.06. The fraction of sp³-hybridized carbons (Fsp3) is 0.300. The molecule has 0 amide bonds. The molecule has 0 saturated carbocycles. The van der Waals surface area contributed by atoms with Gasteiger partial charge in [-0.25, -0.2) is 4.98 Å². The van der Waals surface area contributed by atoms with Crippen LogP contribution in [0.4, 0.5) is 5.13 Å². The van der Waals surface area contributed by atoms with E-state index in [4.69, 9.17) is 9.47 Å². The van der Waals surface area contributed by atoms with Crippen molar-refractivity contribution < 1.29 is 9.47 Å². The van der Waals surface area contributed by atoms with Crippen LogP contribution in [0.3, 0.4) is 0 Å². The minimum Gasteiger partial charge on any atom is -0.486 e. The van der Waals surface area contributed by atoms with Crippen molar-refractivity contribution in [3.63, 3.8) is 0 Å². The summed E-state index contributed by atoms with van der Waals surface area (Å²) >= 11 is 1.58. The molecule has 4 nitrogen and oxygen atoms in total. The predicted molar refractivity (Wildman–Crippen MR) is 60.2 cm³/mol. The van der Waals surface area contributed by atoms with Crippen LogP contribution in [-0.4, -0.2) is 25.2 Å². The van der Waals surface area contributed by atoms with Crippen molar-refractivity contribution in [1.82, 2.24) is 4.98 Å². The number of benzene rings is 1. The Bertz CT molecular complexity index is 509. The molecule has 1 aliphatic heterocycles. The van der Waals surface area contributed by atoms with E-state index < -0.39 is 0 Å². The van der Waals surface area contributed by atoms with Gasteiger partial charge in [-0.3, -0.25) is 0 Å². The third-order valence-corrected chi connectivity index (χ3v) is 3.36. The minimum atomic E-state index is 0.610. The summed E-state index contributed by atoms with van der Waals surface area (Å²) in [6.45, 7) is 1.23. The summed E-state index contributed by atoms with van der Waals surface area (Å²) in [5.41, 5.74) is 0.952. The van der Waals surface area contributed by atoms with Gasteiger partial charge >= 0.3 is 0 Å². The molecule has 0 spiro atoms. The standard InChI is InChI=1S/C10H10N2O2S/c1-11-10-12-6-2-3-7-8(9(6)15-10)14-5-4-13-7/h2-3H,4-5H2,1H3,(H,11,12). The normalized spacial score (nSPS) is 14.2. The van der Waals surface area contributed by atoms with Crippen molar-refractivity contribution in [3.8, 4) is 11.5 Å². The molecule has 3 rings (SSSR count). The van der Waals surface area contributed by atoms with Crippen molar-refractivity contribution in [2.24, 2.45) is 0 Å². The lowest BCUT2D eigenvalue weighted by Crippen LogP contribution is -2.15. The molecule has 1 aromatic carbocycles. The first-order valence-electron chi connectivity index (χ1n) is 4.75. The first-order chi connectivity index (χ1) is 7.38. The number of nitrogens with zero attached hydrogens (tertiary/aromatic N) is 1. The van der Waals surface area contributed by atoms with Crippen LogP contribution in [0.1, 0.15) is 0 Å². The Hall–Kier alpha value is -1.49. The highest BCUT2D eigenvalue weighted by Crippen LogP contribution is 2.41.